The second-order valence-electron chi connectivity index (χ2n) is 4.43. The van der Waals surface area contributed by atoms with E-state index in [2.05, 4.69) is 21.2 Å². The van der Waals surface area contributed by atoms with E-state index in [1.54, 1.807) is 6.07 Å². The predicted octanol–water partition coefficient (Wildman–Crippen LogP) is 3.10. The molecular weight excluding hydrogens is 285 g/mol. The van der Waals surface area contributed by atoms with Crippen LogP contribution in [0.15, 0.2) is 22.7 Å². The van der Waals surface area contributed by atoms with E-state index in [0.717, 1.165) is 42.3 Å². The Labute approximate surface area is 110 Å². The van der Waals surface area contributed by atoms with E-state index >= 15 is 0 Å². The number of hydrogen-bond donors (Lipinski definition) is 1. The highest BCUT2D eigenvalue weighted by atomic mass is 79.9. The second kappa shape index (κ2) is 6.47. The third kappa shape index (κ3) is 4.74. The van der Waals surface area contributed by atoms with Crippen LogP contribution >= 0.6 is 15.9 Å². The zero-order chi connectivity index (χ0) is 12.1. The molecule has 1 aliphatic carbocycles. The Morgan fingerprint density at radius 1 is 1.41 bits per heavy atom. The molecule has 0 aliphatic heterocycles. The van der Waals surface area contributed by atoms with Gasteiger partial charge in [0.1, 0.15) is 5.82 Å². The lowest BCUT2D eigenvalue weighted by atomic mass is 10.2. The first-order valence-corrected chi connectivity index (χ1v) is 6.77. The quantitative estimate of drug-likeness (QED) is 0.782. The van der Waals surface area contributed by atoms with Crippen molar-refractivity contribution < 1.29 is 9.13 Å². The molecule has 1 N–H and O–H groups in total. The van der Waals surface area contributed by atoms with Gasteiger partial charge in [0.25, 0.3) is 0 Å². The zero-order valence-corrected chi connectivity index (χ0v) is 11.3. The first-order valence-electron chi connectivity index (χ1n) is 5.98. The first-order chi connectivity index (χ1) is 8.25. The molecule has 0 radical (unpaired) electrons. The molecular formula is C13H17BrFNO. The minimum absolute atomic E-state index is 0.214. The third-order valence-corrected chi connectivity index (χ3v) is 3.54. The Morgan fingerprint density at radius 2 is 2.24 bits per heavy atom. The molecule has 4 heteroatoms. The van der Waals surface area contributed by atoms with Gasteiger partial charge in [-0.1, -0.05) is 22.0 Å². The fourth-order valence-electron chi connectivity index (χ4n) is 1.57. The average Bonchev–Trinajstić information content (AvgIpc) is 3.09. The number of benzene rings is 1. The van der Waals surface area contributed by atoms with Gasteiger partial charge in [0.05, 0.1) is 6.61 Å². The largest absolute Gasteiger partial charge is 0.380 e. The molecule has 17 heavy (non-hydrogen) atoms. The maximum absolute atomic E-state index is 12.8. The molecule has 0 aromatic heterocycles. The van der Waals surface area contributed by atoms with Crippen LogP contribution in [0, 0.1) is 11.7 Å². The molecule has 1 aromatic carbocycles. The van der Waals surface area contributed by atoms with Gasteiger partial charge in [-0.25, -0.2) is 4.39 Å². The Hall–Kier alpha value is -0.450. The summed E-state index contributed by atoms with van der Waals surface area (Å²) in [6.07, 6.45) is 2.66. The molecule has 2 nitrogen and oxygen atoms in total. The summed E-state index contributed by atoms with van der Waals surface area (Å²) in [5, 5.41) is 3.28. The van der Waals surface area contributed by atoms with Crippen molar-refractivity contribution in [1.82, 2.24) is 5.32 Å². The highest BCUT2D eigenvalue weighted by Crippen LogP contribution is 2.28. The van der Waals surface area contributed by atoms with Gasteiger partial charge < -0.3 is 10.1 Å². The van der Waals surface area contributed by atoms with Crippen molar-refractivity contribution >= 4 is 15.9 Å². The molecule has 1 fully saturated rings. The Kier molecular flexibility index (Phi) is 4.95. The van der Waals surface area contributed by atoms with Crippen LogP contribution in [0.25, 0.3) is 0 Å². The van der Waals surface area contributed by atoms with Crippen molar-refractivity contribution in [2.75, 3.05) is 19.8 Å². The standard InChI is InChI=1S/C13H17BrFNO/c14-13-7-12(15)4-3-11(13)8-16-5-6-17-9-10-1-2-10/h3-4,7,10,16H,1-2,5-6,8-9H2. The molecule has 0 bridgehead atoms. The van der Waals surface area contributed by atoms with Crippen LogP contribution in [0.1, 0.15) is 18.4 Å². The van der Waals surface area contributed by atoms with Gasteiger partial charge in [-0.05, 0) is 36.5 Å². The van der Waals surface area contributed by atoms with Crippen LogP contribution in [0.4, 0.5) is 4.39 Å². The maximum atomic E-state index is 12.8. The molecule has 94 valence electrons. The van der Waals surface area contributed by atoms with Gasteiger partial charge in [0.2, 0.25) is 0 Å². The number of hydrogen-bond acceptors (Lipinski definition) is 2. The van der Waals surface area contributed by atoms with Gasteiger partial charge in [-0.2, -0.15) is 0 Å². The summed E-state index contributed by atoms with van der Waals surface area (Å²) in [5.74, 6) is 0.606. The molecule has 0 atom stereocenters. The highest BCUT2D eigenvalue weighted by molar-refractivity contribution is 9.10. The molecule has 0 spiro atoms. The van der Waals surface area contributed by atoms with Gasteiger partial charge in [0.15, 0.2) is 0 Å². The molecule has 0 amide bonds. The molecule has 0 heterocycles. The monoisotopic (exact) mass is 301 g/mol. The molecule has 1 aliphatic rings. The molecule has 1 aromatic rings. The van der Waals surface area contributed by atoms with E-state index < -0.39 is 0 Å². The van der Waals surface area contributed by atoms with E-state index in [1.165, 1.54) is 25.0 Å². The Bertz CT molecular complexity index is 368. The van der Waals surface area contributed by atoms with Crippen molar-refractivity contribution in [3.05, 3.63) is 34.1 Å². The fraction of sp³-hybridized carbons (Fsp3) is 0.538. The van der Waals surface area contributed by atoms with Crippen molar-refractivity contribution in [3.63, 3.8) is 0 Å². The summed E-state index contributed by atoms with van der Waals surface area (Å²) < 4.78 is 19.2. The summed E-state index contributed by atoms with van der Waals surface area (Å²) >= 11 is 3.35. The third-order valence-electron chi connectivity index (χ3n) is 2.80. The highest BCUT2D eigenvalue weighted by Gasteiger charge is 2.20. The lowest BCUT2D eigenvalue weighted by molar-refractivity contribution is 0.126. The predicted molar refractivity (Wildman–Crippen MR) is 69.3 cm³/mol. The summed E-state index contributed by atoms with van der Waals surface area (Å²) in [6, 6.07) is 4.75. The number of rotatable bonds is 7. The SMILES string of the molecule is Fc1ccc(CNCCOCC2CC2)c(Br)c1. The minimum atomic E-state index is -0.214. The minimum Gasteiger partial charge on any atom is -0.380 e. The average molecular weight is 302 g/mol. The fourth-order valence-corrected chi connectivity index (χ4v) is 2.06. The smallest absolute Gasteiger partial charge is 0.124 e. The molecule has 0 saturated heterocycles. The Morgan fingerprint density at radius 3 is 2.94 bits per heavy atom. The van der Waals surface area contributed by atoms with Crippen LogP contribution in [-0.2, 0) is 11.3 Å². The summed E-state index contributed by atoms with van der Waals surface area (Å²) in [6.45, 7) is 3.21. The number of halogens is 2. The zero-order valence-electron chi connectivity index (χ0n) is 9.72. The lowest BCUT2D eigenvalue weighted by Crippen LogP contribution is -2.20. The van der Waals surface area contributed by atoms with Crippen LogP contribution < -0.4 is 5.32 Å². The van der Waals surface area contributed by atoms with Crippen molar-refractivity contribution in [2.45, 2.75) is 19.4 Å². The molecule has 0 unspecified atom stereocenters. The van der Waals surface area contributed by atoms with Crippen molar-refractivity contribution in [2.24, 2.45) is 5.92 Å². The van der Waals surface area contributed by atoms with Crippen molar-refractivity contribution in [3.8, 4) is 0 Å². The lowest BCUT2D eigenvalue weighted by Gasteiger charge is -2.07. The first kappa shape index (κ1) is 13.0. The topological polar surface area (TPSA) is 21.3 Å². The van der Waals surface area contributed by atoms with E-state index in [4.69, 9.17) is 4.74 Å². The maximum Gasteiger partial charge on any atom is 0.124 e. The van der Waals surface area contributed by atoms with E-state index in [0.29, 0.717) is 0 Å². The summed E-state index contributed by atoms with van der Waals surface area (Å²) in [4.78, 5) is 0. The second-order valence-corrected chi connectivity index (χ2v) is 5.29. The van der Waals surface area contributed by atoms with Crippen LogP contribution in [0.3, 0.4) is 0 Å². The van der Waals surface area contributed by atoms with E-state index in [9.17, 15) is 4.39 Å². The number of nitrogens with one attached hydrogen (secondary N) is 1. The normalized spacial score (nSPS) is 15.2. The van der Waals surface area contributed by atoms with Crippen molar-refractivity contribution in [1.29, 1.82) is 0 Å². The summed E-state index contributed by atoms with van der Waals surface area (Å²) in [5.41, 5.74) is 1.06. The summed E-state index contributed by atoms with van der Waals surface area (Å²) in [7, 11) is 0. The van der Waals surface area contributed by atoms with E-state index in [1.807, 2.05) is 0 Å². The number of ether oxygens (including phenoxy) is 1. The Balaban J connectivity index is 1.60. The van der Waals surface area contributed by atoms with Gasteiger partial charge in [-0.15, -0.1) is 0 Å². The van der Waals surface area contributed by atoms with Crippen LogP contribution in [0.5, 0.6) is 0 Å². The molecule has 1 saturated carbocycles. The van der Waals surface area contributed by atoms with E-state index in [-0.39, 0.29) is 5.82 Å². The molecule has 2 rings (SSSR count). The van der Waals surface area contributed by atoms with Crippen LogP contribution in [-0.4, -0.2) is 19.8 Å². The van der Waals surface area contributed by atoms with Crippen LogP contribution in [0.2, 0.25) is 0 Å². The van der Waals surface area contributed by atoms with Gasteiger partial charge in [0, 0.05) is 24.2 Å². The van der Waals surface area contributed by atoms with Gasteiger partial charge >= 0.3 is 0 Å². The van der Waals surface area contributed by atoms with Gasteiger partial charge in [-0.3, -0.25) is 0 Å².